The topological polar surface area (TPSA) is 48.4 Å². The second-order valence-electron chi connectivity index (χ2n) is 5.84. The summed E-state index contributed by atoms with van der Waals surface area (Å²) in [6, 6.07) is 3.50. The molecular weight excluding hydrogens is 278 g/mol. The fourth-order valence-corrected chi connectivity index (χ4v) is 3.80. The molecule has 0 aliphatic heterocycles. The van der Waals surface area contributed by atoms with Gasteiger partial charge in [-0.25, -0.2) is 4.98 Å². The number of ether oxygens (including phenoxy) is 2. The van der Waals surface area contributed by atoms with Crippen LogP contribution in [0.3, 0.4) is 0 Å². The Morgan fingerprint density at radius 1 is 1.50 bits per heavy atom. The molecule has 2 aliphatic rings. The SMILES string of the molecule is [2H]C([2H])([2H])C=C1[C@H]2C=C(C)C[C@]1(C(=O)OC)c1ccc(OC)nc1C2. The number of carbonyl (C=O) groups excluding carboxylic acids is 1. The minimum absolute atomic E-state index is 0.194. The molecule has 2 bridgehead atoms. The summed E-state index contributed by atoms with van der Waals surface area (Å²) in [6.45, 7) is -0.317. The number of esters is 1. The van der Waals surface area contributed by atoms with E-state index in [4.69, 9.17) is 13.6 Å². The first-order valence-corrected chi connectivity index (χ1v) is 7.24. The van der Waals surface area contributed by atoms with Crippen LogP contribution in [0.15, 0.2) is 35.4 Å². The summed E-state index contributed by atoms with van der Waals surface area (Å²) in [4.78, 5) is 17.4. The van der Waals surface area contributed by atoms with Gasteiger partial charge in [-0.05, 0) is 31.3 Å². The predicted octanol–water partition coefficient (Wildman–Crippen LogP) is 2.97. The summed E-state index contributed by atoms with van der Waals surface area (Å²) in [5.74, 6) is -0.172. The normalized spacial score (nSPS) is 30.5. The van der Waals surface area contributed by atoms with Gasteiger partial charge in [0.05, 0.1) is 19.9 Å². The van der Waals surface area contributed by atoms with E-state index in [9.17, 15) is 4.79 Å². The Balaban J connectivity index is 2.32. The van der Waals surface area contributed by atoms with Crippen molar-refractivity contribution in [2.24, 2.45) is 5.92 Å². The van der Waals surface area contributed by atoms with E-state index < -0.39 is 18.2 Å². The summed E-state index contributed by atoms with van der Waals surface area (Å²) in [7, 11) is 2.87. The quantitative estimate of drug-likeness (QED) is 0.622. The highest BCUT2D eigenvalue weighted by molar-refractivity contribution is 5.89. The van der Waals surface area contributed by atoms with E-state index in [1.165, 1.54) is 13.2 Å². The molecule has 3 rings (SSSR count). The highest BCUT2D eigenvalue weighted by atomic mass is 16.5. The zero-order valence-corrected chi connectivity index (χ0v) is 13.0. The minimum Gasteiger partial charge on any atom is -0.481 e. The fourth-order valence-electron chi connectivity index (χ4n) is 3.80. The number of fused-ring (bicyclic) bond motifs is 4. The van der Waals surface area contributed by atoms with E-state index in [1.807, 2.05) is 13.0 Å². The molecule has 4 heteroatoms. The third-order valence-electron chi connectivity index (χ3n) is 4.64. The number of hydrogen-bond donors (Lipinski definition) is 0. The molecule has 2 atom stereocenters. The van der Waals surface area contributed by atoms with Crippen molar-refractivity contribution in [3.63, 3.8) is 0 Å². The van der Waals surface area contributed by atoms with Gasteiger partial charge >= 0.3 is 5.97 Å². The van der Waals surface area contributed by atoms with Gasteiger partial charge in [-0.15, -0.1) is 0 Å². The number of nitrogens with zero attached hydrogens (tertiary/aromatic N) is 1. The molecule has 0 aromatic carbocycles. The number of carbonyl (C=O) groups is 1. The van der Waals surface area contributed by atoms with Gasteiger partial charge in [0, 0.05) is 22.5 Å². The molecule has 116 valence electrons. The van der Waals surface area contributed by atoms with Crippen LogP contribution >= 0.6 is 0 Å². The van der Waals surface area contributed by atoms with Gasteiger partial charge in [0.2, 0.25) is 5.88 Å². The largest absolute Gasteiger partial charge is 0.481 e. The van der Waals surface area contributed by atoms with Gasteiger partial charge in [0.15, 0.2) is 0 Å². The van der Waals surface area contributed by atoms with Gasteiger partial charge in [-0.2, -0.15) is 0 Å². The molecule has 0 N–H and O–H groups in total. The van der Waals surface area contributed by atoms with Crippen molar-refractivity contribution in [2.45, 2.75) is 32.0 Å². The van der Waals surface area contributed by atoms with E-state index in [0.29, 0.717) is 29.9 Å². The van der Waals surface area contributed by atoms with Crippen LogP contribution in [0, 0.1) is 5.92 Å². The van der Waals surface area contributed by atoms with Crippen molar-refractivity contribution >= 4 is 5.97 Å². The summed E-state index contributed by atoms with van der Waals surface area (Å²) >= 11 is 0. The lowest BCUT2D eigenvalue weighted by Crippen LogP contribution is -2.47. The van der Waals surface area contributed by atoms with Crippen LogP contribution in [-0.2, 0) is 21.4 Å². The molecular formula is C18H21NO3. The number of aromatic nitrogens is 1. The standard InChI is InChI=1S/C18H21NO3/c1-5-13-12-8-11(2)10-18(13,17(20)22-4)14-6-7-16(21-3)19-15(14)9-12/h5-8,12H,9-10H2,1-4H3/t12-,18+/m0/s1/i1D3. The van der Waals surface area contributed by atoms with Crippen molar-refractivity contribution in [1.29, 1.82) is 0 Å². The van der Waals surface area contributed by atoms with E-state index in [-0.39, 0.29) is 5.92 Å². The van der Waals surface area contributed by atoms with E-state index in [1.54, 1.807) is 19.2 Å². The molecule has 0 fully saturated rings. The van der Waals surface area contributed by atoms with Crippen LogP contribution < -0.4 is 4.74 Å². The molecule has 0 saturated carbocycles. The molecule has 0 amide bonds. The smallest absolute Gasteiger partial charge is 0.320 e. The second kappa shape index (κ2) is 5.27. The lowest BCUT2D eigenvalue weighted by Gasteiger charge is -2.45. The van der Waals surface area contributed by atoms with Crippen LogP contribution in [0.2, 0.25) is 0 Å². The van der Waals surface area contributed by atoms with E-state index >= 15 is 0 Å². The maximum absolute atomic E-state index is 12.9. The average Bonchev–Trinajstić information content (AvgIpc) is 2.53. The van der Waals surface area contributed by atoms with Crippen LogP contribution in [0.4, 0.5) is 0 Å². The number of methoxy groups -OCH3 is 2. The highest BCUT2D eigenvalue weighted by Gasteiger charge is 2.53. The number of pyridine rings is 1. The van der Waals surface area contributed by atoms with Crippen molar-refractivity contribution < 1.29 is 18.4 Å². The summed E-state index contributed by atoms with van der Waals surface area (Å²) in [5.41, 5.74) is 1.95. The summed E-state index contributed by atoms with van der Waals surface area (Å²) < 4.78 is 33.4. The molecule has 1 aromatic rings. The molecule has 1 aromatic heterocycles. The minimum atomic E-state index is -2.27. The van der Waals surface area contributed by atoms with Gasteiger partial charge in [0.25, 0.3) is 0 Å². The Morgan fingerprint density at radius 2 is 2.32 bits per heavy atom. The van der Waals surface area contributed by atoms with Crippen LogP contribution in [-0.4, -0.2) is 25.2 Å². The van der Waals surface area contributed by atoms with Crippen LogP contribution in [0.25, 0.3) is 0 Å². The Morgan fingerprint density at radius 3 is 3.00 bits per heavy atom. The van der Waals surface area contributed by atoms with Gasteiger partial charge in [-0.1, -0.05) is 23.8 Å². The third kappa shape index (κ3) is 1.90. The monoisotopic (exact) mass is 302 g/mol. The molecule has 22 heavy (non-hydrogen) atoms. The Hall–Kier alpha value is -2.10. The zero-order valence-electron chi connectivity index (χ0n) is 16.0. The first kappa shape index (κ1) is 11.5. The number of allylic oxidation sites excluding steroid dienone is 3. The zero-order chi connectivity index (χ0) is 18.4. The highest BCUT2D eigenvalue weighted by Crippen LogP contribution is 2.52. The Labute approximate surface area is 135 Å². The summed E-state index contributed by atoms with van der Waals surface area (Å²) in [6.07, 6.45) is 4.21. The lowest BCUT2D eigenvalue weighted by molar-refractivity contribution is -0.146. The van der Waals surface area contributed by atoms with Gasteiger partial charge in [0.1, 0.15) is 5.41 Å². The molecule has 0 saturated heterocycles. The fraction of sp³-hybridized carbons (Fsp3) is 0.444. The number of hydrogen-bond acceptors (Lipinski definition) is 4. The van der Waals surface area contributed by atoms with Gasteiger partial charge in [-0.3, -0.25) is 4.79 Å². The maximum Gasteiger partial charge on any atom is 0.320 e. The first-order valence-electron chi connectivity index (χ1n) is 8.74. The van der Waals surface area contributed by atoms with Crippen molar-refractivity contribution in [3.8, 4) is 5.88 Å². The average molecular weight is 302 g/mol. The first-order chi connectivity index (χ1) is 11.7. The molecule has 0 radical (unpaired) electrons. The van der Waals surface area contributed by atoms with Crippen LogP contribution in [0.1, 0.15) is 35.6 Å². The molecule has 0 unspecified atom stereocenters. The molecule has 4 nitrogen and oxygen atoms in total. The van der Waals surface area contributed by atoms with Gasteiger partial charge < -0.3 is 9.47 Å². The maximum atomic E-state index is 12.9. The van der Waals surface area contributed by atoms with Crippen molar-refractivity contribution in [1.82, 2.24) is 4.98 Å². The van der Waals surface area contributed by atoms with E-state index in [0.717, 1.165) is 11.3 Å². The molecule has 0 spiro atoms. The number of rotatable bonds is 2. The van der Waals surface area contributed by atoms with E-state index in [2.05, 4.69) is 4.98 Å². The van der Waals surface area contributed by atoms with Crippen LogP contribution in [0.5, 0.6) is 5.88 Å². The molecule has 2 aliphatic carbocycles. The third-order valence-corrected chi connectivity index (χ3v) is 4.64. The van der Waals surface area contributed by atoms with Crippen molar-refractivity contribution in [2.75, 3.05) is 14.2 Å². The summed E-state index contributed by atoms with van der Waals surface area (Å²) in [5, 5.41) is 0. The Bertz CT molecular complexity index is 782. The lowest BCUT2D eigenvalue weighted by atomic mass is 9.58. The second-order valence-corrected chi connectivity index (χ2v) is 5.84. The Kier molecular flexibility index (Phi) is 2.75. The molecule has 1 heterocycles. The predicted molar refractivity (Wildman–Crippen MR) is 83.8 cm³/mol. The van der Waals surface area contributed by atoms with Crippen molar-refractivity contribution in [3.05, 3.63) is 46.7 Å².